The molecular weight excluding hydrogens is 246 g/mol. The van der Waals surface area contributed by atoms with E-state index in [0.29, 0.717) is 0 Å². The third-order valence-corrected chi connectivity index (χ3v) is 3.28. The van der Waals surface area contributed by atoms with Gasteiger partial charge in [-0.2, -0.15) is 0 Å². The van der Waals surface area contributed by atoms with Crippen LogP contribution in [0.5, 0.6) is 11.5 Å². The zero-order chi connectivity index (χ0) is 12.5. The van der Waals surface area contributed by atoms with Crippen molar-refractivity contribution in [2.75, 3.05) is 4.90 Å². The van der Waals surface area contributed by atoms with Gasteiger partial charge < -0.3 is 9.64 Å². The van der Waals surface area contributed by atoms with Gasteiger partial charge in [0.15, 0.2) is 11.5 Å². The van der Waals surface area contributed by atoms with Gasteiger partial charge in [-0.3, -0.25) is 0 Å². The number of hydrogen-bond acceptors (Lipinski definition) is 2. The van der Waals surface area contributed by atoms with E-state index in [1.807, 2.05) is 53.4 Å². The molecule has 18 heavy (non-hydrogen) atoms. The first kappa shape index (κ1) is 11.2. The fourth-order valence-electron chi connectivity index (χ4n) is 2.10. The molecule has 3 heteroatoms. The maximum Gasteiger partial charge on any atom is 0.151 e. The maximum atomic E-state index is 6.35. The predicted molar refractivity (Wildman–Crippen MR) is 74.9 cm³/mol. The lowest BCUT2D eigenvalue weighted by Gasteiger charge is -2.34. The Bertz CT molecular complexity index is 551. The number of rotatable bonds is 2. The fraction of sp³-hybridized carbons (Fsp3) is 0.0667. The number of alkyl halides is 1. The smallest absolute Gasteiger partial charge is 0.151 e. The van der Waals surface area contributed by atoms with Gasteiger partial charge in [0.2, 0.25) is 0 Å². The first-order valence-corrected chi connectivity index (χ1v) is 6.16. The van der Waals surface area contributed by atoms with Crippen LogP contribution >= 0.6 is 11.6 Å². The second kappa shape index (κ2) is 4.39. The molecule has 0 radical (unpaired) electrons. The van der Waals surface area contributed by atoms with Crippen LogP contribution in [0.15, 0.2) is 61.2 Å². The summed E-state index contributed by atoms with van der Waals surface area (Å²) in [6.07, 6.45) is 1.71. The van der Waals surface area contributed by atoms with Gasteiger partial charge in [-0.05, 0) is 24.3 Å². The highest BCUT2D eigenvalue weighted by Crippen LogP contribution is 2.47. The molecule has 0 fully saturated rings. The van der Waals surface area contributed by atoms with Gasteiger partial charge in [0, 0.05) is 0 Å². The van der Waals surface area contributed by atoms with E-state index in [0.717, 1.165) is 22.9 Å². The maximum absolute atomic E-state index is 6.35. The van der Waals surface area contributed by atoms with Crippen LogP contribution in [0.2, 0.25) is 0 Å². The third-order valence-electron chi connectivity index (χ3n) is 2.91. The van der Waals surface area contributed by atoms with E-state index in [-0.39, 0.29) is 5.50 Å². The van der Waals surface area contributed by atoms with E-state index in [2.05, 4.69) is 6.58 Å². The van der Waals surface area contributed by atoms with Crippen LogP contribution in [0.25, 0.3) is 0 Å². The molecule has 90 valence electrons. The minimum Gasteiger partial charge on any atom is -0.453 e. The summed E-state index contributed by atoms with van der Waals surface area (Å²) in [6.45, 7) is 3.77. The first-order chi connectivity index (χ1) is 8.81. The van der Waals surface area contributed by atoms with Crippen molar-refractivity contribution in [3.05, 3.63) is 61.2 Å². The van der Waals surface area contributed by atoms with Crippen molar-refractivity contribution in [3.8, 4) is 11.5 Å². The standard InChI is InChI=1S/C15H12ClNO/c1-2-15(16)17-11-7-3-5-9-13(11)18-14-10-6-4-8-12(14)17/h2-10,15H,1H2. The van der Waals surface area contributed by atoms with E-state index in [4.69, 9.17) is 16.3 Å². The lowest BCUT2D eigenvalue weighted by molar-refractivity contribution is 0.473. The van der Waals surface area contributed by atoms with Crippen LogP contribution in [0.3, 0.4) is 0 Å². The minimum absolute atomic E-state index is 0.309. The Morgan fingerprint density at radius 1 is 1.00 bits per heavy atom. The zero-order valence-electron chi connectivity index (χ0n) is 9.71. The Hall–Kier alpha value is -1.93. The number of halogens is 1. The lowest BCUT2D eigenvalue weighted by atomic mass is 10.1. The lowest BCUT2D eigenvalue weighted by Crippen LogP contribution is -2.27. The molecule has 2 nitrogen and oxygen atoms in total. The minimum atomic E-state index is -0.309. The second-order valence-electron chi connectivity index (χ2n) is 4.02. The van der Waals surface area contributed by atoms with E-state index >= 15 is 0 Å². The molecule has 1 unspecified atom stereocenters. The number of hydrogen-bond donors (Lipinski definition) is 0. The van der Waals surface area contributed by atoms with Crippen LogP contribution < -0.4 is 9.64 Å². The summed E-state index contributed by atoms with van der Waals surface area (Å²) in [4.78, 5) is 2.02. The average molecular weight is 258 g/mol. The summed E-state index contributed by atoms with van der Waals surface area (Å²) in [7, 11) is 0. The topological polar surface area (TPSA) is 12.5 Å². The number of para-hydroxylation sites is 4. The molecule has 2 aromatic carbocycles. The normalized spacial score (nSPS) is 14.2. The van der Waals surface area contributed by atoms with Crippen LogP contribution in [0.1, 0.15) is 0 Å². The van der Waals surface area contributed by atoms with E-state index in [1.54, 1.807) is 6.08 Å². The monoisotopic (exact) mass is 257 g/mol. The Morgan fingerprint density at radius 2 is 1.50 bits per heavy atom. The average Bonchev–Trinajstić information content (AvgIpc) is 2.44. The molecule has 1 heterocycles. The van der Waals surface area contributed by atoms with Gasteiger partial charge in [0.1, 0.15) is 5.50 Å². The van der Waals surface area contributed by atoms with Gasteiger partial charge in [0.25, 0.3) is 0 Å². The SMILES string of the molecule is C=CC(Cl)N1c2ccccc2Oc2ccccc21. The van der Waals surface area contributed by atoms with Gasteiger partial charge >= 0.3 is 0 Å². The van der Waals surface area contributed by atoms with Gasteiger partial charge in [0.05, 0.1) is 11.4 Å². The van der Waals surface area contributed by atoms with E-state index < -0.39 is 0 Å². The van der Waals surface area contributed by atoms with E-state index in [9.17, 15) is 0 Å². The largest absolute Gasteiger partial charge is 0.453 e. The summed E-state index contributed by atoms with van der Waals surface area (Å²) >= 11 is 6.35. The Morgan fingerprint density at radius 3 is 2.00 bits per heavy atom. The first-order valence-electron chi connectivity index (χ1n) is 5.73. The van der Waals surface area contributed by atoms with Crippen LogP contribution in [-0.2, 0) is 0 Å². The van der Waals surface area contributed by atoms with Crippen LogP contribution in [0.4, 0.5) is 11.4 Å². The number of fused-ring (bicyclic) bond motifs is 2. The molecule has 0 amide bonds. The Labute approximate surface area is 111 Å². The molecule has 1 aliphatic heterocycles. The molecular formula is C15H12ClNO. The molecule has 3 rings (SSSR count). The van der Waals surface area contributed by atoms with Crippen molar-refractivity contribution < 1.29 is 4.74 Å². The van der Waals surface area contributed by atoms with Crippen LogP contribution in [-0.4, -0.2) is 5.50 Å². The number of ether oxygens (including phenoxy) is 1. The molecule has 0 bridgehead atoms. The molecule has 0 N–H and O–H groups in total. The summed E-state index contributed by atoms with van der Waals surface area (Å²) in [5.74, 6) is 1.62. The molecule has 0 aromatic heterocycles. The highest BCUT2D eigenvalue weighted by molar-refractivity contribution is 6.24. The predicted octanol–water partition coefficient (Wildman–Crippen LogP) is 4.68. The summed E-state index contributed by atoms with van der Waals surface area (Å²) in [5, 5.41) is 0. The Balaban J connectivity index is 2.20. The van der Waals surface area contributed by atoms with Crippen molar-refractivity contribution in [1.29, 1.82) is 0 Å². The molecule has 2 aromatic rings. The number of benzene rings is 2. The molecule has 0 spiro atoms. The highest BCUT2D eigenvalue weighted by Gasteiger charge is 2.26. The van der Waals surface area contributed by atoms with Gasteiger partial charge in [-0.1, -0.05) is 48.5 Å². The van der Waals surface area contributed by atoms with Crippen molar-refractivity contribution in [2.45, 2.75) is 5.50 Å². The third kappa shape index (κ3) is 1.66. The quantitative estimate of drug-likeness (QED) is 0.440. The second-order valence-corrected chi connectivity index (χ2v) is 4.46. The number of nitrogens with zero attached hydrogens (tertiary/aromatic N) is 1. The van der Waals surface area contributed by atoms with Crippen molar-refractivity contribution in [1.82, 2.24) is 0 Å². The van der Waals surface area contributed by atoms with E-state index in [1.165, 1.54) is 0 Å². The molecule has 1 aliphatic rings. The van der Waals surface area contributed by atoms with Crippen molar-refractivity contribution in [3.63, 3.8) is 0 Å². The molecule has 1 atom stereocenters. The van der Waals surface area contributed by atoms with Gasteiger partial charge in [-0.25, -0.2) is 0 Å². The van der Waals surface area contributed by atoms with Crippen LogP contribution in [0, 0.1) is 0 Å². The molecule has 0 saturated heterocycles. The highest BCUT2D eigenvalue weighted by atomic mass is 35.5. The van der Waals surface area contributed by atoms with Crippen molar-refractivity contribution >= 4 is 23.0 Å². The number of anilines is 2. The Kier molecular flexibility index (Phi) is 2.73. The van der Waals surface area contributed by atoms with Gasteiger partial charge in [-0.15, -0.1) is 0 Å². The molecule has 0 saturated carbocycles. The molecule has 0 aliphatic carbocycles. The summed E-state index contributed by atoms with van der Waals surface area (Å²) in [6, 6.07) is 15.7. The fourth-order valence-corrected chi connectivity index (χ4v) is 2.31. The summed E-state index contributed by atoms with van der Waals surface area (Å²) in [5.41, 5.74) is 1.60. The zero-order valence-corrected chi connectivity index (χ0v) is 10.5. The summed E-state index contributed by atoms with van der Waals surface area (Å²) < 4.78 is 5.87. The van der Waals surface area contributed by atoms with Crippen molar-refractivity contribution in [2.24, 2.45) is 0 Å².